The highest BCUT2D eigenvalue weighted by Crippen LogP contribution is 2.53. The minimum atomic E-state index is -0.513. The number of nitrogens with zero attached hydrogens (tertiary/aromatic N) is 1. The van der Waals surface area contributed by atoms with Crippen LogP contribution in [0.1, 0.15) is 52.2 Å². The van der Waals surface area contributed by atoms with E-state index in [0.29, 0.717) is 30.3 Å². The average Bonchev–Trinajstić information content (AvgIpc) is 3.12. The van der Waals surface area contributed by atoms with Gasteiger partial charge in [0.1, 0.15) is 16.9 Å². The lowest BCUT2D eigenvalue weighted by molar-refractivity contribution is -0.138. The summed E-state index contributed by atoms with van der Waals surface area (Å²) in [7, 11) is 0. The summed E-state index contributed by atoms with van der Waals surface area (Å²) >= 11 is 0. The predicted molar refractivity (Wildman–Crippen MR) is 145 cm³/mol. The molecule has 6 rings (SSSR count). The number of likely N-dealkylation sites (tertiary alicyclic amines) is 1. The van der Waals surface area contributed by atoms with Gasteiger partial charge in [0.25, 0.3) is 0 Å². The van der Waals surface area contributed by atoms with Gasteiger partial charge in [-0.15, -0.1) is 0 Å². The maximum absolute atomic E-state index is 14.0. The lowest BCUT2D eigenvalue weighted by atomic mass is 9.58. The van der Waals surface area contributed by atoms with Gasteiger partial charge in [-0.05, 0) is 74.6 Å². The quantitative estimate of drug-likeness (QED) is 0.566. The van der Waals surface area contributed by atoms with Crippen LogP contribution < -0.4 is 15.4 Å². The normalized spacial score (nSPS) is 29.5. The molecule has 36 heavy (non-hydrogen) atoms. The first kappa shape index (κ1) is 25.3. The molecule has 2 aromatic carbocycles. The fraction of sp³-hybridized carbons (Fsp3) is 0.581. The molecule has 4 aliphatic rings. The number of hydrogen-bond acceptors (Lipinski definition) is 4. The molecule has 0 aromatic heterocycles. The van der Waals surface area contributed by atoms with Crippen LogP contribution in [-0.4, -0.2) is 47.6 Å². The van der Waals surface area contributed by atoms with Crippen molar-refractivity contribution in [2.75, 3.05) is 19.6 Å². The minimum Gasteiger partial charge on any atom is -0.488 e. The second-order valence-electron chi connectivity index (χ2n) is 12.7. The van der Waals surface area contributed by atoms with Gasteiger partial charge in [-0.25, -0.2) is 0 Å². The molecule has 3 aliphatic heterocycles. The molecule has 5 nitrogen and oxygen atoms in total. The number of nitrogens with one attached hydrogen (secondary N) is 2. The van der Waals surface area contributed by atoms with E-state index in [1.54, 1.807) is 0 Å². The highest BCUT2D eigenvalue weighted by atomic mass is 16.5. The number of fused-ring (bicyclic) bond motifs is 1. The zero-order valence-corrected chi connectivity index (χ0v) is 22.6. The summed E-state index contributed by atoms with van der Waals surface area (Å²) in [6.45, 7) is 14.5. The summed E-state index contributed by atoms with van der Waals surface area (Å²) in [5.41, 5.74) is 1.68. The van der Waals surface area contributed by atoms with E-state index in [4.69, 9.17) is 4.74 Å². The molecule has 2 aromatic rings. The van der Waals surface area contributed by atoms with Gasteiger partial charge in [-0.2, -0.15) is 0 Å². The van der Waals surface area contributed by atoms with E-state index in [2.05, 4.69) is 71.8 Å². The molecule has 3 saturated heterocycles. The predicted octanol–water partition coefficient (Wildman–Crippen LogP) is 4.66. The highest BCUT2D eigenvalue weighted by molar-refractivity contribution is 5.87. The van der Waals surface area contributed by atoms with Crippen molar-refractivity contribution in [3.8, 4) is 5.75 Å². The zero-order chi connectivity index (χ0) is 25.5. The lowest BCUT2D eigenvalue weighted by Gasteiger charge is -2.56. The minimum absolute atomic E-state index is 0.165. The Balaban J connectivity index is 1.35. The van der Waals surface area contributed by atoms with E-state index < -0.39 is 5.54 Å². The van der Waals surface area contributed by atoms with Gasteiger partial charge in [-0.3, -0.25) is 9.69 Å². The topological polar surface area (TPSA) is 53.6 Å². The molecule has 0 unspecified atom stereocenters. The molecule has 0 radical (unpaired) electrons. The molecule has 0 spiro atoms. The van der Waals surface area contributed by atoms with Crippen molar-refractivity contribution in [3.63, 3.8) is 0 Å². The molecule has 5 atom stereocenters. The molecule has 1 amide bonds. The smallest absolute Gasteiger partial charge is 0.240 e. The lowest BCUT2D eigenvalue weighted by Crippen LogP contribution is -2.74. The average molecular weight is 490 g/mol. The second kappa shape index (κ2) is 9.83. The van der Waals surface area contributed by atoms with Crippen LogP contribution in [0.2, 0.25) is 0 Å². The zero-order valence-electron chi connectivity index (χ0n) is 22.6. The van der Waals surface area contributed by atoms with E-state index in [1.165, 1.54) is 5.56 Å². The van der Waals surface area contributed by atoms with E-state index in [9.17, 15) is 4.79 Å². The summed E-state index contributed by atoms with van der Waals surface area (Å²) < 4.78 is 5.95. The van der Waals surface area contributed by atoms with Crippen molar-refractivity contribution in [1.29, 1.82) is 0 Å². The number of rotatable bonds is 8. The number of carbonyl (C=O) groups is 1. The third-order valence-corrected chi connectivity index (χ3v) is 8.32. The number of hydrogen-bond donors (Lipinski definition) is 2. The number of benzene rings is 2. The Kier molecular flexibility index (Phi) is 6.90. The number of amides is 1. The Morgan fingerprint density at radius 1 is 1.11 bits per heavy atom. The van der Waals surface area contributed by atoms with E-state index in [1.807, 2.05) is 32.9 Å². The summed E-state index contributed by atoms with van der Waals surface area (Å²) in [6, 6.07) is 19.3. The third kappa shape index (κ3) is 5.05. The maximum Gasteiger partial charge on any atom is 0.240 e. The molecular formula is C31H43N3O2. The molecule has 4 fully saturated rings. The van der Waals surface area contributed by atoms with Crippen LogP contribution in [0.4, 0.5) is 0 Å². The van der Waals surface area contributed by atoms with E-state index >= 15 is 0 Å². The Morgan fingerprint density at radius 2 is 1.83 bits per heavy atom. The molecule has 1 aliphatic carbocycles. The standard InChI is InChI=1S/C31H43N3O2/c1-21(2)19-34-20-24-16-31(27(28(34)26(24)18-33-31)15-22-9-7-6-8-10-22)29(35)32-17-23-11-13-25(14-12-23)36-30(3,4)5/h6-14,21,24,26-28,33H,15-20H2,1-5H3,(H,32,35)/t24-,26-,27+,28-,31+/m1/s1. The first-order chi connectivity index (χ1) is 17.1. The highest BCUT2D eigenvalue weighted by Gasteiger charge is 2.64. The number of ether oxygens (including phenoxy) is 1. The van der Waals surface area contributed by atoms with Crippen molar-refractivity contribution in [2.45, 2.75) is 71.2 Å². The van der Waals surface area contributed by atoms with Crippen LogP contribution >= 0.6 is 0 Å². The molecule has 4 bridgehead atoms. The van der Waals surface area contributed by atoms with Gasteiger partial charge >= 0.3 is 0 Å². The Labute approximate surface area is 217 Å². The van der Waals surface area contributed by atoms with Crippen LogP contribution in [0.5, 0.6) is 5.75 Å². The van der Waals surface area contributed by atoms with Crippen LogP contribution in [0.15, 0.2) is 54.6 Å². The van der Waals surface area contributed by atoms with Crippen LogP contribution in [0, 0.1) is 23.7 Å². The van der Waals surface area contributed by atoms with Gasteiger partial charge in [0.2, 0.25) is 5.91 Å². The van der Waals surface area contributed by atoms with Crippen molar-refractivity contribution < 1.29 is 9.53 Å². The Morgan fingerprint density at radius 3 is 2.50 bits per heavy atom. The summed E-state index contributed by atoms with van der Waals surface area (Å²) in [5, 5.41) is 7.12. The molecular weight excluding hydrogens is 446 g/mol. The van der Waals surface area contributed by atoms with Crippen LogP contribution in [-0.2, 0) is 17.8 Å². The molecule has 194 valence electrons. The molecule has 5 heteroatoms. The Bertz CT molecular complexity index is 1050. The summed E-state index contributed by atoms with van der Waals surface area (Å²) in [5.74, 6) is 3.15. The largest absolute Gasteiger partial charge is 0.488 e. The maximum atomic E-state index is 14.0. The fourth-order valence-corrected chi connectivity index (χ4v) is 7.06. The van der Waals surface area contributed by atoms with Gasteiger partial charge in [-0.1, -0.05) is 56.3 Å². The van der Waals surface area contributed by atoms with Gasteiger partial charge in [0, 0.05) is 38.1 Å². The first-order valence-corrected chi connectivity index (χ1v) is 13.7. The van der Waals surface area contributed by atoms with Gasteiger partial charge in [0.05, 0.1) is 0 Å². The fourth-order valence-electron chi connectivity index (χ4n) is 7.06. The summed E-state index contributed by atoms with van der Waals surface area (Å²) in [6.07, 6.45) is 1.87. The van der Waals surface area contributed by atoms with Crippen molar-refractivity contribution in [1.82, 2.24) is 15.5 Å². The van der Waals surface area contributed by atoms with Crippen molar-refractivity contribution >= 4 is 5.91 Å². The van der Waals surface area contributed by atoms with E-state index in [0.717, 1.165) is 43.8 Å². The second-order valence-corrected chi connectivity index (χ2v) is 12.7. The molecule has 3 heterocycles. The Hall–Kier alpha value is -2.37. The first-order valence-electron chi connectivity index (χ1n) is 13.7. The van der Waals surface area contributed by atoms with Crippen LogP contribution in [0.3, 0.4) is 0 Å². The third-order valence-electron chi connectivity index (χ3n) is 8.32. The summed E-state index contributed by atoms with van der Waals surface area (Å²) in [4.78, 5) is 16.8. The monoisotopic (exact) mass is 489 g/mol. The molecule has 2 N–H and O–H groups in total. The van der Waals surface area contributed by atoms with Crippen molar-refractivity contribution in [3.05, 3.63) is 65.7 Å². The van der Waals surface area contributed by atoms with Crippen LogP contribution in [0.25, 0.3) is 0 Å². The van der Waals surface area contributed by atoms with Gasteiger partial charge in [0.15, 0.2) is 0 Å². The SMILES string of the molecule is CC(C)CN1C[C@H]2C[C@]3(C(=O)NCc4ccc(OC(C)(C)C)cc4)NC[C@H]2[C@@H]1[C@@H]3Cc1ccccc1. The van der Waals surface area contributed by atoms with E-state index in [-0.39, 0.29) is 17.4 Å². The number of carbonyl (C=O) groups excluding carboxylic acids is 1. The molecule has 1 saturated carbocycles. The van der Waals surface area contributed by atoms with Gasteiger partial charge < -0.3 is 15.4 Å². The van der Waals surface area contributed by atoms with Crippen molar-refractivity contribution in [2.24, 2.45) is 23.7 Å². The number of piperidine rings is 2.